The summed E-state index contributed by atoms with van der Waals surface area (Å²) in [6, 6.07) is 6.40. The van der Waals surface area contributed by atoms with E-state index >= 15 is 0 Å². The Kier molecular flexibility index (Phi) is 4.15. The lowest BCUT2D eigenvalue weighted by Gasteiger charge is -2.19. The van der Waals surface area contributed by atoms with Crippen LogP contribution in [0.5, 0.6) is 0 Å². The van der Waals surface area contributed by atoms with Gasteiger partial charge < -0.3 is 10.1 Å². The van der Waals surface area contributed by atoms with Crippen LogP contribution in [-0.4, -0.2) is 21.7 Å². The number of aliphatic hydroxyl groups is 1. The molecule has 1 unspecified atom stereocenters. The zero-order chi connectivity index (χ0) is 13.0. The van der Waals surface area contributed by atoms with Crippen LogP contribution in [0.4, 0.5) is 0 Å². The molecule has 0 amide bonds. The number of nitrogens with one attached hydrogen (secondary N) is 1. The minimum Gasteiger partial charge on any atom is -0.396 e. The molecule has 2 N–H and O–H groups in total. The molecule has 2 aromatic rings. The number of nitrogens with zero attached hydrogens (tertiary/aromatic N) is 1. The number of benzene rings is 1. The number of H-pyrrole nitrogens is 1. The minimum absolute atomic E-state index is 0.232. The van der Waals surface area contributed by atoms with E-state index in [2.05, 4.69) is 42.0 Å². The van der Waals surface area contributed by atoms with Crippen LogP contribution < -0.4 is 0 Å². The molecule has 0 spiro atoms. The summed E-state index contributed by atoms with van der Waals surface area (Å²) in [5, 5.41) is 9.06. The number of aromatic nitrogens is 2. The van der Waals surface area contributed by atoms with Gasteiger partial charge in [-0.1, -0.05) is 18.2 Å². The van der Waals surface area contributed by atoms with E-state index in [0.29, 0.717) is 5.92 Å². The first-order valence-electron chi connectivity index (χ1n) is 6.39. The van der Waals surface area contributed by atoms with Gasteiger partial charge in [-0.15, -0.1) is 0 Å². The zero-order valence-corrected chi connectivity index (χ0v) is 11.0. The van der Waals surface area contributed by atoms with Crippen LogP contribution in [0.1, 0.15) is 41.1 Å². The van der Waals surface area contributed by atoms with Gasteiger partial charge in [0.25, 0.3) is 0 Å². The average molecular weight is 244 g/mol. The minimum atomic E-state index is 0.232. The molecular formula is C15H20N2O. The molecule has 1 aromatic heterocycles. The van der Waals surface area contributed by atoms with Crippen LogP contribution in [0.3, 0.4) is 0 Å². The summed E-state index contributed by atoms with van der Waals surface area (Å²) < 4.78 is 0. The fraction of sp³-hybridized carbons (Fsp3) is 0.400. The maximum Gasteiger partial charge on any atom is 0.0921 e. The second-order valence-corrected chi connectivity index (χ2v) is 4.71. The number of hydrogen-bond acceptors (Lipinski definition) is 2. The number of aromatic amines is 1. The van der Waals surface area contributed by atoms with Crippen molar-refractivity contribution >= 4 is 0 Å². The molecule has 3 nitrogen and oxygen atoms in total. The Morgan fingerprint density at radius 2 is 2.17 bits per heavy atom. The van der Waals surface area contributed by atoms with Gasteiger partial charge in [0.1, 0.15) is 0 Å². The van der Waals surface area contributed by atoms with E-state index in [0.717, 1.165) is 18.5 Å². The Balaban J connectivity index is 2.37. The number of aliphatic hydroxyl groups excluding tert-OH is 1. The third-order valence-corrected chi connectivity index (χ3v) is 3.57. The number of rotatable bonds is 5. The lowest BCUT2D eigenvalue weighted by atomic mass is 9.87. The molecular weight excluding hydrogens is 224 g/mol. The lowest BCUT2D eigenvalue weighted by Crippen LogP contribution is -2.06. The first kappa shape index (κ1) is 12.8. The van der Waals surface area contributed by atoms with E-state index in [1.807, 2.05) is 6.20 Å². The lowest BCUT2D eigenvalue weighted by molar-refractivity contribution is 0.281. The molecule has 1 heterocycles. The van der Waals surface area contributed by atoms with E-state index in [1.54, 1.807) is 6.33 Å². The number of aryl methyl sites for hydroxylation is 1. The molecule has 96 valence electrons. The third-order valence-electron chi connectivity index (χ3n) is 3.57. The van der Waals surface area contributed by atoms with Gasteiger partial charge in [-0.25, -0.2) is 4.98 Å². The molecule has 0 fully saturated rings. The van der Waals surface area contributed by atoms with E-state index < -0.39 is 0 Å². The summed E-state index contributed by atoms with van der Waals surface area (Å²) in [6.45, 7) is 4.53. The molecule has 18 heavy (non-hydrogen) atoms. The second kappa shape index (κ2) is 5.83. The van der Waals surface area contributed by atoms with Crippen LogP contribution in [0.25, 0.3) is 0 Å². The summed E-state index contributed by atoms with van der Waals surface area (Å²) >= 11 is 0. The van der Waals surface area contributed by atoms with Gasteiger partial charge in [-0.3, -0.25) is 0 Å². The van der Waals surface area contributed by atoms with Crippen LogP contribution in [0, 0.1) is 13.8 Å². The highest BCUT2D eigenvalue weighted by Gasteiger charge is 2.17. The van der Waals surface area contributed by atoms with Crippen molar-refractivity contribution in [1.82, 2.24) is 9.97 Å². The van der Waals surface area contributed by atoms with E-state index in [4.69, 9.17) is 5.11 Å². The molecule has 3 heteroatoms. The summed E-state index contributed by atoms with van der Waals surface area (Å²) in [7, 11) is 0. The molecule has 2 rings (SSSR count). The standard InChI is InChI=1S/C15H20N2O/c1-11-5-3-6-13(12(11)2)14(7-4-8-18)15-9-16-10-17-15/h3,5-6,9-10,14,18H,4,7-8H2,1-2H3,(H,16,17). The highest BCUT2D eigenvalue weighted by Crippen LogP contribution is 2.31. The van der Waals surface area contributed by atoms with Crippen LogP contribution >= 0.6 is 0 Å². The van der Waals surface area contributed by atoms with Crippen molar-refractivity contribution in [2.24, 2.45) is 0 Å². The van der Waals surface area contributed by atoms with Crippen molar-refractivity contribution in [3.05, 3.63) is 53.1 Å². The summed E-state index contributed by atoms with van der Waals surface area (Å²) in [5.74, 6) is 0.291. The average Bonchev–Trinajstić information content (AvgIpc) is 2.88. The van der Waals surface area contributed by atoms with Crippen LogP contribution in [0.15, 0.2) is 30.7 Å². The topological polar surface area (TPSA) is 48.9 Å². The summed E-state index contributed by atoms with van der Waals surface area (Å²) in [5.41, 5.74) is 5.08. The van der Waals surface area contributed by atoms with E-state index in [-0.39, 0.29) is 6.61 Å². The quantitative estimate of drug-likeness (QED) is 0.849. The van der Waals surface area contributed by atoms with Crippen molar-refractivity contribution < 1.29 is 5.11 Å². The number of hydrogen-bond donors (Lipinski definition) is 2. The molecule has 0 saturated heterocycles. The molecule has 1 atom stereocenters. The summed E-state index contributed by atoms with van der Waals surface area (Å²) in [4.78, 5) is 7.31. The molecule has 0 aliphatic heterocycles. The SMILES string of the molecule is Cc1cccc(C(CCCO)c2cnc[nH]2)c1C. The van der Waals surface area contributed by atoms with Gasteiger partial charge in [0.15, 0.2) is 0 Å². The Morgan fingerprint density at radius 3 is 2.83 bits per heavy atom. The van der Waals surface area contributed by atoms with E-state index in [9.17, 15) is 0 Å². The Morgan fingerprint density at radius 1 is 1.33 bits per heavy atom. The monoisotopic (exact) mass is 244 g/mol. The Bertz CT molecular complexity index is 491. The van der Waals surface area contributed by atoms with Crippen molar-refractivity contribution in [2.45, 2.75) is 32.6 Å². The molecule has 0 aliphatic rings. The zero-order valence-electron chi connectivity index (χ0n) is 11.0. The Labute approximate surface area is 108 Å². The van der Waals surface area contributed by atoms with Crippen molar-refractivity contribution in [2.75, 3.05) is 6.61 Å². The van der Waals surface area contributed by atoms with Gasteiger partial charge in [-0.05, 0) is 43.4 Å². The predicted octanol–water partition coefficient (Wildman–Crippen LogP) is 2.93. The van der Waals surface area contributed by atoms with Gasteiger partial charge in [0.05, 0.1) is 6.33 Å². The second-order valence-electron chi connectivity index (χ2n) is 4.71. The van der Waals surface area contributed by atoms with Crippen LogP contribution in [0.2, 0.25) is 0 Å². The molecule has 0 aliphatic carbocycles. The third kappa shape index (κ3) is 2.62. The first-order chi connectivity index (χ1) is 8.74. The van der Waals surface area contributed by atoms with Gasteiger partial charge in [-0.2, -0.15) is 0 Å². The van der Waals surface area contributed by atoms with Crippen molar-refractivity contribution in [1.29, 1.82) is 0 Å². The Hall–Kier alpha value is -1.61. The molecule has 0 bridgehead atoms. The maximum atomic E-state index is 9.06. The predicted molar refractivity (Wildman–Crippen MR) is 72.7 cm³/mol. The summed E-state index contributed by atoms with van der Waals surface area (Å²) in [6.07, 6.45) is 5.33. The van der Waals surface area contributed by atoms with Gasteiger partial charge >= 0.3 is 0 Å². The van der Waals surface area contributed by atoms with Gasteiger partial charge in [0, 0.05) is 24.4 Å². The van der Waals surface area contributed by atoms with Gasteiger partial charge in [0.2, 0.25) is 0 Å². The van der Waals surface area contributed by atoms with Crippen molar-refractivity contribution in [3.8, 4) is 0 Å². The highest BCUT2D eigenvalue weighted by atomic mass is 16.2. The first-order valence-corrected chi connectivity index (χ1v) is 6.39. The fourth-order valence-corrected chi connectivity index (χ4v) is 2.38. The number of imidazole rings is 1. The van der Waals surface area contributed by atoms with E-state index in [1.165, 1.54) is 16.7 Å². The molecule has 1 aromatic carbocycles. The fourth-order valence-electron chi connectivity index (χ4n) is 2.38. The highest BCUT2D eigenvalue weighted by molar-refractivity contribution is 5.39. The largest absolute Gasteiger partial charge is 0.396 e. The normalized spacial score (nSPS) is 12.6. The van der Waals surface area contributed by atoms with Crippen molar-refractivity contribution in [3.63, 3.8) is 0 Å². The van der Waals surface area contributed by atoms with Crippen LogP contribution in [-0.2, 0) is 0 Å². The smallest absolute Gasteiger partial charge is 0.0921 e. The maximum absolute atomic E-state index is 9.06. The molecule has 0 radical (unpaired) electrons. The molecule has 0 saturated carbocycles.